The van der Waals surface area contributed by atoms with E-state index in [0.29, 0.717) is 0 Å². The lowest BCUT2D eigenvalue weighted by atomic mass is 10.4. The van der Waals surface area contributed by atoms with Gasteiger partial charge >= 0.3 is 6.03 Å². The molecule has 0 radical (unpaired) electrons. The fourth-order valence-electron chi connectivity index (χ4n) is 0.573. The minimum atomic E-state index is -3.25. The van der Waals surface area contributed by atoms with E-state index in [1.54, 1.807) is 0 Å². The predicted octanol–water partition coefficient (Wildman–Crippen LogP) is -1.67. The minimum Gasteiger partial charge on any atom is -0.370 e. The first-order valence-electron chi connectivity index (χ1n) is 3.01. The highest BCUT2D eigenvalue weighted by atomic mass is 35.5. The van der Waals surface area contributed by atoms with E-state index in [9.17, 15) is 18.0 Å². The number of carbonyl (C=O) groups is 2. The van der Waals surface area contributed by atoms with E-state index in [-0.39, 0.29) is 4.31 Å². The van der Waals surface area contributed by atoms with E-state index < -0.39 is 34.8 Å². The number of nitrogens with two attached hydrogens (primary N) is 2. The first-order chi connectivity index (χ1) is 5.86. The number of carbonyl (C=O) groups excluding carboxylic acids is 2. The molecule has 0 bridgehead atoms. The van der Waals surface area contributed by atoms with Crippen molar-refractivity contribution in [2.24, 2.45) is 11.5 Å². The Bertz CT molecular complexity index is 283. The van der Waals surface area contributed by atoms with E-state index in [1.165, 1.54) is 0 Å². The molecule has 0 rings (SSSR count). The molecule has 0 aromatic carbocycles. The second-order valence-electron chi connectivity index (χ2n) is 2.03. The van der Waals surface area contributed by atoms with Crippen molar-refractivity contribution in [3.63, 3.8) is 0 Å². The Morgan fingerprint density at radius 3 is 2.08 bits per heavy atom. The van der Waals surface area contributed by atoms with Gasteiger partial charge in [0.1, 0.15) is 5.50 Å². The number of nitrogens with zero attached hydrogens (tertiary/aromatic N) is 1. The van der Waals surface area contributed by atoms with Crippen LogP contribution in [0, 0.1) is 0 Å². The van der Waals surface area contributed by atoms with Crippen molar-refractivity contribution in [3.8, 4) is 0 Å². The van der Waals surface area contributed by atoms with Gasteiger partial charge in [-0.25, -0.2) is 17.5 Å². The van der Waals surface area contributed by atoms with Crippen molar-refractivity contribution in [3.05, 3.63) is 0 Å². The molecule has 7 nitrogen and oxygen atoms in total. The number of hydrogen-bond acceptors (Lipinski definition) is 4. The van der Waals surface area contributed by atoms with Crippen LogP contribution < -0.4 is 11.5 Å². The van der Waals surface area contributed by atoms with Gasteiger partial charge in [0.2, 0.25) is 16.8 Å². The molecule has 4 N–H and O–H groups in total. The van der Waals surface area contributed by atoms with Gasteiger partial charge < -0.3 is 11.5 Å². The van der Waals surface area contributed by atoms with E-state index >= 15 is 0 Å². The zero-order chi connectivity index (χ0) is 10.6. The molecule has 0 aromatic heterocycles. The first kappa shape index (κ1) is 12.0. The van der Waals surface area contributed by atoms with Crippen LogP contribution in [0.4, 0.5) is 4.79 Å². The Hall–Kier alpha value is -1.02. The molecule has 3 amide bonds. The van der Waals surface area contributed by atoms with Gasteiger partial charge in [-0.15, -0.1) is 0 Å². The monoisotopic (exact) mass is 229 g/mol. The third-order valence-electron chi connectivity index (χ3n) is 1.04. The molecule has 0 aromatic rings. The molecular weight excluding hydrogens is 222 g/mol. The predicted molar refractivity (Wildman–Crippen MR) is 45.2 cm³/mol. The molecule has 76 valence electrons. The van der Waals surface area contributed by atoms with Crippen molar-refractivity contribution >= 4 is 34.4 Å². The number of thiol groups is 1. The Balaban J connectivity index is 4.56. The maximum absolute atomic E-state index is 10.5. The summed E-state index contributed by atoms with van der Waals surface area (Å²) in [5.74, 6) is -0.830. The van der Waals surface area contributed by atoms with Gasteiger partial charge in [0.25, 0.3) is 0 Å². The normalized spacial score (nSPS) is 12.5. The summed E-state index contributed by atoms with van der Waals surface area (Å²) >= 11 is 5.37. The van der Waals surface area contributed by atoms with Crippen LogP contribution in [-0.4, -0.2) is 30.2 Å². The van der Waals surface area contributed by atoms with E-state index in [4.69, 9.17) is 17.3 Å². The Labute approximate surface area is 80.7 Å². The molecule has 1 unspecified atom stereocenters. The number of amides is 3. The van der Waals surface area contributed by atoms with Gasteiger partial charge in [-0.3, -0.25) is 4.79 Å². The van der Waals surface area contributed by atoms with Gasteiger partial charge in [0.15, 0.2) is 0 Å². The third kappa shape index (κ3) is 3.95. The highest BCUT2D eigenvalue weighted by Crippen LogP contribution is 2.08. The number of halogens is 1. The number of primary amides is 2. The van der Waals surface area contributed by atoms with Crippen LogP contribution in [0.25, 0.3) is 0 Å². The molecule has 0 spiro atoms. The Kier molecular flexibility index (Phi) is 4.49. The zero-order valence-electron chi connectivity index (χ0n) is 6.34. The molecule has 0 aliphatic rings. The summed E-state index contributed by atoms with van der Waals surface area (Å²) in [6.07, 6.45) is -0.478. The summed E-state index contributed by atoms with van der Waals surface area (Å²) in [7, 11) is -3.25. The number of rotatable bonds is 4. The lowest BCUT2D eigenvalue weighted by Crippen LogP contribution is -2.41. The van der Waals surface area contributed by atoms with Crippen molar-refractivity contribution < 1.29 is 18.0 Å². The summed E-state index contributed by atoms with van der Waals surface area (Å²) in [5, 5.41) is 0. The maximum atomic E-state index is 10.5. The van der Waals surface area contributed by atoms with E-state index in [2.05, 4.69) is 5.73 Å². The van der Waals surface area contributed by atoms with Crippen molar-refractivity contribution in [1.82, 2.24) is 4.31 Å². The van der Waals surface area contributed by atoms with Gasteiger partial charge in [0, 0.05) is 0 Å². The summed E-state index contributed by atoms with van der Waals surface area (Å²) in [6.45, 7) is 0. The maximum Gasteiger partial charge on any atom is 0.329 e. The van der Waals surface area contributed by atoms with Gasteiger partial charge in [-0.2, -0.15) is 0 Å². The highest BCUT2D eigenvalue weighted by molar-refractivity contribution is 7.70. The van der Waals surface area contributed by atoms with Crippen LogP contribution >= 0.6 is 11.6 Å². The van der Waals surface area contributed by atoms with Crippen LogP contribution in [-0.2, 0) is 15.7 Å². The molecule has 0 fully saturated rings. The molecule has 9 heteroatoms. The smallest absolute Gasteiger partial charge is 0.329 e. The average Bonchev–Trinajstić information content (AvgIpc) is 1.81. The van der Waals surface area contributed by atoms with Gasteiger partial charge in [0.05, 0.1) is 6.42 Å². The highest BCUT2D eigenvalue weighted by Gasteiger charge is 2.23. The average molecular weight is 230 g/mol. The summed E-state index contributed by atoms with van der Waals surface area (Å²) in [6, 6.07) is -1.25. The first-order valence-corrected chi connectivity index (χ1v) is 4.58. The van der Waals surface area contributed by atoms with E-state index in [0.717, 1.165) is 0 Å². The lowest BCUT2D eigenvalue weighted by molar-refractivity contribution is -0.118. The third-order valence-corrected chi connectivity index (χ3v) is 2.35. The fourth-order valence-corrected chi connectivity index (χ4v) is 1.48. The Morgan fingerprint density at radius 1 is 1.38 bits per heavy atom. The molecular formula is C4H8ClN3O4S. The molecule has 1 atom stereocenters. The molecule has 0 aliphatic heterocycles. The summed E-state index contributed by atoms with van der Waals surface area (Å²) in [4.78, 5) is 20.8. The molecule has 13 heavy (non-hydrogen) atoms. The quantitative estimate of drug-likeness (QED) is 0.303. The second-order valence-corrected chi connectivity index (χ2v) is 3.44. The van der Waals surface area contributed by atoms with E-state index in [1.807, 2.05) is 0 Å². The summed E-state index contributed by atoms with van der Waals surface area (Å²) in [5.41, 5.74) is 8.05. The zero-order valence-corrected chi connectivity index (χ0v) is 7.99. The Morgan fingerprint density at radius 2 is 1.85 bits per heavy atom. The SMILES string of the molecule is NC(=O)CC(Cl)N(C(N)=O)[SH](=O)=O. The second kappa shape index (κ2) is 4.87. The number of hydrogen-bond donors (Lipinski definition) is 3. The van der Waals surface area contributed by atoms with Gasteiger partial charge in [-0.05, 0) is 0 Å². The number of urea groups is 1. The van der Waals surface area contributed by atoms with Crippen molar-refractivity contribution in [2.75, 3.05) is 0 Å². The molecule has 0 saturated carbocycles. The van der Waals surface area contributed by atoms with Crippen LogP contribution in [0.15, 0.2) is 0 Å². The van der Waals surface area contributed by atoms with Crippen LogP contribution in [0.1, 0.15) is 6.42 Å². The summed E-state index contributed by atoms with van der Waals surface area (Å²) < 4.78 is 20.9. The van der Waals surface area contributed by atoms with Gasteiger partial charge in [-0.1, -0.05) is 11.6 Å². The van der Waals surface area contributed by atoms with Crippen LogP contribution in [0.5, 0.6) is 0 Å². The van der Waals surface area contributed by atoms with Crippen LogP contribution in [0.2, 0.25) is 0 Å². The topological polar surface area (TPSA) is 124 Å². The van der Waals surface area contributed by atoms with Crippen molar-refractivity contribution in [2.45, 2.75) is 11.9 Å². The fraction of sp³-hybridized carbons (Fsp3) is 0.500. The minimum absolute atomic E-state index is 0.154. The van der Waals surface area contributed by atoms with Crippen LogP contribution in [0.3, 0.4) is 0 Å². The lowest BCUT2D eigenvalue weighted by Gasteiger charge is -2.17. The molecule has 0 heterocycles. The molecule has 0 aliphatic carbocycles. The standard InChI is InChI=1S/C4H8ClN3O4S/c5-2(1-3(6)9)8(4(7)10)13(11)12/h2,13H,1H2,(H2,6,9)(H2,7,10). The number of alkyl halides is 1. The molecule has 0 saturated heterocycles. The largest absolute Gasteiger partial charge is 0.370 e. The van der Waals surface area contributed by atoms with Crippen molar-refractivity contribution in [1.29, 1.82) is 0 Å².